The summed E-state index contributed by atoms with van der Waals surface area (Å²) in [5, 5.41) is 4.69. The Balaban J connectivity index is 1.67. The number of anilines is 1. The van der Waals surface area contributed by atoms with E-state index < -0.39 is 5.97 Å². The van der Waals surface area contributed by atoms with Gasteiger partial charge in [0, 0.05) is 27.5 Å². The number of pyridine rings is 1. The van der Waals surface area contributed by atoms with Crippen molar-refractivity contribution in [1.82, 2.24) is 10.1 Å². The Morgan fingerprint density at radius 1 is 1.15 bits per heavy atom. The summed E-state index contributed by atoms with van der Waals surface area (Å²) in [5.74, 6) is -0.560. The first-order valence-electron chi connectivity index (χ1n) is 10.8. The maximum atomic E-state index is 14.0. The summed E-state index contributed by atoms with van der Waals surface area (Å²) >= 11 is 1.69. The Morgan fingerprint density at radius 2 is 1.97 bits per heavy atom. The van der Waals surface area contributed by atoms with Crippen LogP contribution < -0.4 is 4.90 Å². The van der Waals surface area contributed by atoms with Gasteiger partial charge in [0.1, 0.15) is 0 Å². The Kier molecular flexibility index (Phi) is 5.25. The van der Waals surface area contributed by atoms with Gasteiger partial charge >= 0.3 is 5.97 Å². The number of ether oxygens (including phenoxy) is 1. The number of methoxy groups -OCH3 is 1. The van der Waals surface area contributed by atoms with E-state index in [9.17, 15) is 9.59 Å². The molecule has 4 aromatic rings. The number of thiophene rings is 1. The zero-order valence-electron chi connectivity index (χ0n) is 18.9. The van der Waals surface area contributed by atoms with Gasteiger partial charge in [-0.2, -0.15) is 0 Å². The Hall–Kier alpha value is -3.52. The van der Waals surface area contributed by atoms with E-state index >= 15 is 0 Å². The molecule has 1 amide bonds. The number of fused-ring (bicyclic) bond motifs is 2. The van der Waals surface area contributed by atoms with Crippen LogP contribution in [0.15, 0.2) is 34.9 Å². The third-order valence-corrected chi connectivity index (χ3v) is 7.03. The molecule has 0 radical (unpaired) electrons. The van der Waals surface area contributed by atoms with Crippen molar-refractivity contribution in [3.63, 3.8) is 0 Å². The first-order chi connectivity index (χ1) is 15.9. The largest absolute Gasteiger partial charge is 0.465 e. The Labute approximate surface area is 195 Å². The van der Waals surface area contributed by atoms with Crippen molar-refractivity contribution in [2.45, 2.75) is 33.6 Å². The fraction of sp³-hybridized carbons (Fsp3) is 0.280. The molecule has 0 unspecified atom stereocenters. The second-order valence-corrected chi connectivity index (χ2v) is 9.65. The minimum atomic E-state index is -0.395. The normalized spacial score (nSPS) is 13.3. The maximum absolute atomic E-state index is 14.0. The van der Waals surface area contributed by atoms with Crippen LogP contribution in [0.2, 0.25) is 0 Å². The van der Waals surface area contributed by atoms with E-state index in [0.717, 1.165) is 28.1 Å². The predicted molar refractivity (Wildman–Crippen MR) is 127 cm³/mol. The summed E-state index contributed by atoms with van der Waals surface area (Å²) in [6, 6.07) is 9.32. The molecule has 0 fully saturated rings. The molecule has 1 aliphatic heterocycles. The monoisotopic (exact) mass is 461 g/mol. The van der Waals surface area contributed by atoms with E-state index in [1.165, 1.54) is 12.0 Å². The molecular formula is C25H23N3O4S. The van der Waals surface area contributed by atoms with Gasteiger partial charge in [-0.05, 0) is 63.4 Å². The fourth-order valence-electron chi connectivity index (χ4n) is 4.57. The molecule has 7 nitrogen and oxygen atoms in total. The standard InChI is InChI=1S/C25H23N3O4S/c1-13-11-18(15(3)33-13)20-12-19(22-14(2)27-32-23(22)26-20)24(29)28-10-6-8-16-17(25(30)31-4)7-5-9-21(16)28/h5,7,9,11-12H,6,8,10H2,1-4H3. The zero-order valence-corrected chi connectivity index (χ0v) is 19.7. The molecule has 3 aromatic heterocycles. The van der Waals surface area contributed by atoms with Crippen LogP contribution in [0.4, 0.5) is 5.69 Å². The number of benzene rings is 1. The fourth-order valence-corrected chi connectivity index (χ4v) is 5.50. The van der Waals surface area contributed by atoms with Crippen molar-refractivity contribution < 1.29 is 18.8 Å². The van der Waals surface area contributed by atoms with Crippen LogP contribution in [0.25, 0.3) is 22.4 Å². The van der Waals surface area contributed by atoms with Crippen molar-refractivity contribution in [3.05, 3.63) is 62.5 Å². The van der Waals surface area contributed by atoms with Crippen LogP contribution in [0, 0.1) is 20.8 Å². The van der Waals surface area contributed by atoms with Gasteiger partial charge in [-0.3, -0.25) is 4.79 Å². The lowest BCUT2D eigenvalue weighted by Crippen LogP contribution is -2.36. The molecular weight excluding hydrogens is 438 g/mol. The number of hydrogen-bond donors (Lipinski definition) is 0. The summed E-state index contributed by atoms with van der Waals surface area (Å²) < 4.78 is 10.4. The lowest BCUT2D eigenvalue weighted by Gasteiger charge is -2.30. The second kappa shape index (κ2) is 8.12. The molecule has 0 saturated carbocycles. The van der Waals surface area contributed by atoms with Crippen molar-refractivity contribution in [1.29, 1.82) is 0 Å². The summed E-state index contributed by atoms with van der Waals surface area (Å²) in [4.78, 5) is 35.0. The highest BCUT2D eigenvalue weighted by molar-refractivity contribution is 7.12. The number of carbonyl (C=O) groups is 2. The van der Waals surface area contributed by atoms with Gasteiger partial charge in [0.05, 0.1) is 35.0 Å². The third-order valence-electron chi connectivity index (χ3n) is 6.07. The molecule has 1 aromatic carbocycles. The maximum Gasteiger partial charge on any atom is 0.338 e. The number of esters is 1. The van der Waals surface area contributed by atoms with Crippen molar-refractivity contribution in [2.24, 2.45) is 0 Å². The van der Waals surface area contributed by atoms with Gasteiger partial charge < -0.3 is 14.2 Å². The van der Waals surface area contributed by atoms with Crippen LogP contribution >= 0.6 is 11.3 Å². The molecule has 0 N–H and O–H groups in total. The number of hydrogen-bond acceptors (Lipinski definition) is 7. The molecule has 1 aliphatic rings. The third kappa shape index (κ3) is 3.51. The first kappa shape index (κ1) is 21.3. The lowest BCUT2D eigenvalue weighted by atomic mass is 9.95. The molecule has 0 atom stereocenters. The summed E-state index contributed by atoms with van der Waals surface area (Å²) in [6.45, 7) is 6.45. The van der Waals surface area contributed by atoms with E-state index in [1.54, 1.807) is 28.4 Å². The number of rotatable bonds is 3. The number of carbonyl (C=O) groups excluding carboxylic acids is 2. The quantitative estimate of drug-likeness (QED) is 0.387. The second-order valence-electron chi connectivity index (χ2n) is 8.19. The van der Waals surface area contributed by atoms with E-state index in [4.69, 9.17) is 9.26 Å². The Morgan fingerprint density at radius 3 is 2.70 bits per heavy atom. The van der Waals surface area contributed by atoms with Gasteiger partial charge in [-0.25, -0.2) is 9.78 Å². The predicted octanol–water partition coefficient (Wildman–Crippen LogP) is 5.26. The van der Waals surface area contributed by atoms with E-state index in [2.05, 4.69) is 16.2 Å². The number of amides is 1. The van der Waals surface area contributed by atoms with Gasteiger partial charge in [-0.1, -0.05) is 11.2 Å². The summed E-state index contributed by atoms with van der Waals surface area (Å²) in [5.41, 5.74) is 5.19. The molecule has 168 valence electrons. The van der Waals surface area contributed by atoms with Crippen molar-refractivity contribution in [2.75, 3.05) is 18.6 Å². The van der Waals surface area contributed by atoms with E-state index in [0.29, 0.717) is 46.6 Å². The SMILES string of the molecule is COC(=O)c1cccc2c1CCCN2C(=O)c1cc(-c2cc(C)sc2C)nc2onc(C)c12. The summed E-state index contributed by atoms with van der Waals surface area (Å²) in [7, 11) is 1.37. The number of nitrogens with zero attached hydrogens (tertiary/aromatic N) is 3. The molecule has 0 aliphatic carbocycles. The molecule has 0 bridgehead atoms. The van der Waals surface area contributed by atoms with Crippen LogP contribution in [0.5, 0.6) is 0 Å². The molecule has 0 saturated heterocycles. The van der Waals surface area contributed by atoms with Crippen LogP contribution in [-0.4, -0.2) is 35.7 Å². The summed E-state index contributed by atoms with van der Waals surface area (Å²) in [6.07, 6.45) is 1.46. The molecule has 5 rings (SSSR count). The topological polar surface area (TPSA) is 85.5 Å². The average Bonchev–Trinajstić information content (AvgIpc) is 3.37. The minimum absolute atomic E-state index is 0.164. The van der Waals surface area contributed by atoms with Crippen molar-refractivity contribution in [3.8, 4) is 11.3 Å². The van der Waals surface area contributed by atoms with E-state index in [-0.39, 0.29) is 5.91 Å². The minimum Gasteiger partial charge on any atom is -0.465 e. The van der Waals surface area contributed by atoms with Gasteiger partial charge in [0.15, 0.2) is 0 Å². The molecule has 33 heavy (non-hydrogen) atoms. The number of aromatic nitrogens is 2. The molecule has 8 heteroatoms. The highest BCUT2D eigenvalue weighted by Gasteiger charge is 2.30. The molecule has 4 heterocycles. The Bertz CT molecular complexity index is 1420. The van der Waals surface area contributed by atoms with Crippen LogP contribution in [0.3, 0.4) is 0 Å². The van der Waals surface area contributed by atoms with Crippen LogP contribution in [0.1, 0.15) is 48.1 Å². The van der Waals surface area contributed by atoms with Gasteiger partial charge in [-0.15, -0.1) is 11.3 Å². The van der Waals surface area contributed by atoms with Gasteiger partial charge in [0.25, 0.3) is 11.6 Å². The number of aryl methyl sites for hydroxylation is 3. The highest BCUT2D eigenvalue weighted by Crippen LogP contribution is 2.36. The van der Waals surface area contributed by atoms with Crippen molar-refractivity contribution >= 4 is 40.0 Å². The highest BCUT2D eigenvalue weighted by atomic mass is 32.1. The zero-order chi connectivity index (χ0) is 23.3. The van der Waals surface area contributed by atoms with Crippen LogP contribution in [-0.2, 0) is 11.2 Å². The average molecular weight is 462 g/mol. The van der Waals surface area contributed by atoms with E-state index in [1.807, 2.05) is 32.9 Å². The first-order valence-corrected chi connectivity index (χ1v) is 11.6. The smallest absolute Gasteiger partial charge is 0.338 e. The lowest BCUT2D eigenvalue weighted by molar-refractivity contribution is 0.0599. The van der Waals surface area contributed by atoms with Gasteiger partial charge in [0.2, 0.25) is 0 Å². The molecule has 0 spiro atoms.